The van der Waals surface area contributed by atoms with Crippen LogP contribution in [0.15, 0.2) is 66.7 Å². The summed E-state index contributed by atoms with van der Waals surface area (Å²) < 4.78 is 0. The number of hydrogen-bond donors (Lipinski definition) is 0. The van der Waals surface area contributed by atoms with Crippen LogP contribution in [0.2, 0.25) is 5.02 Å². The number of hydrogen-bond acceptors (Lipinski definition) is 2. The predicted octanol–water partition coefficient (Wildman–Crippen LogP) is 5.27. The van der Waals surface area contributed by atoms with Crippen LogP contribution in [0, 0.1) is 0 Å². The molecule has 1 heterocycles. The van der Waals surface area contributed by atoms with E-state index in [2.05, 4.69) is 18.2 Å². The number of anilines is 1. The molecule has 3 aromatic carbocycles. The third-order valence-electron chi connectivity index (χ3n) is 4.05. The molecule has 2 nitrogen and oxygen atoms in total. The van der Waals surface area contributed by atoms with E-state index in [1.165, 1.54) is 0 Å². The second kappa shape index (κ2) is 5.91. The van der Waals surface area contributed by atoms with Gasteiger partial charge in [0, 0.05) is 10.4 Å². The molecule has 1 amide bonds. The maximum absolute atomic E-state index is 12.5. The molecule has 0 bridgehead atoms. The van der Waals surface area contributed by atoms with Gasteiger partial charge in [-0.05, 0) is 29.1 Å². The molecule has 0 radical (unpaired) electrons. The van der Waals surface area contributed by atoms with Crippen LogP contribution in [0.25, 0.3) is 10.8 Å². The summed E-state index contributed by atoms with van der Waals surface area (Å²) >= 11 is 7.65. The molecule has 0 spiro atoms. The fourth-order valence-corrected chi connectivity index (χ4v) is 4.27. The summed E-state index contributed by atoms with van der Waals surface area (Å²) in [4.78, 5) is 14.5. The molecule has 23 heavy (non-hydrogen) atoms. The number of halogens is 1. The lowest BCUT2D eigenvalue weighted by Gasteiger charge is -2.25. The van der Waals surface area contributed by atoms with E-state index >= 15 is 0 Å². The van der Waals surface area contributed by atoms with Gasteiger partial charge in [-0.3, -0.25) is 9.69 Å². The Hall–Kier alpha value is -1.97. The molecular formula is C19H14ClNOS. The SMILES string of the molecule is O=C1CS[C@@H](c2ccc(Cl)cc2)N1c1cccc2ccccc12. The quantitative estimate of drug-likeness (QED) is 0.633. The van der Waals surface area contributed by atoms with Crippen LogP contribution >= 0.6 is 23.4 Å². The average molecular weight is 340 g/mol. The number of benzene rings is 3. The topological polar surface area (TPSA) is 20.3 Å². The predicted molar refractivity (Wildman–Crippen MR) is 98.1 cm³/mol. The van der Waals surface area contributed by atoms with Gasteiger partial charge in [0.2, 0.25) is 5.91 Å². The molecule has 114 valence electrons. The van der Waals surface area contributed by atoms with Crippen molar-refractivity contribution in [2.75, 3.05) is 10.7 Å². The first-order valence-electron chi connectivity index (χ1n) is 7.41. The molecule has 3 aromatic rings. The van der Waals surface area contributed by atoms with Gasteiger partial charge >= 0.3 is 0 Å². The average Bonchev–Trinajstić information content (AvgIpc) is 2.96. The van der Waals surface area contributed by atoms with Crippen LogP contribution in [0.5, 0.6) is 0 Å². The lowest BCUT2D eigenvalue weighted by molar-refractivity contribution is -0.115. The van der Waals surface area contributed by atoms with E-state index in [0.29, 0.717) is 10.8 Å². The van der Waals surface area contributed by atoms with Gasteiger partial charge in [-0.1, -0.05) is 60.1 Å². The van der Waals surface area contributed by atoms with Crippen molar-refractivity contribution in [3.8, 4) is 0 Å². The first kappa shape index (κ1) is 14.6. The first-order valence-corrected chi connectivity index (χ1v) is 8.83. The Morgan fingerprint density at radius 2 is 1.70 bits per heavy atom. The summed E-state index contributed by atoms with van der Waals surface area (Å²) in [5, 5.41) is 2.94. The second-order valence-electron chi connectivity index (χ2n) is 5.48. The first-order chi connectivity index (χ1) is 11.2. The summed E-state index contributed by atoms with van der Waals surface area (Å²) in [6, 6.07) is 22.0. The molecule has 1 fully saturated rings. The van der Waals surface area contributed by atoms with Crippen molar-refractivity contribution in [1.82, 2.24) is 0 Å². The van der Waals surface area contributed by atoms with E-state index in [1.54, 1.807) is 11.8 Å². The van der Waals surface area contributed by atoms with Gasteiger partial charge in [0.25, 0.3) is 0 Å². The highest BCUT2D eigenvalue weighted by atomic mass is 35.5. The molecule has 1 aliphatic rings. The molecule has 0 N–H and O–H groups in total. The highest BCUT2D eigenvalue weighted by molar-refractivity contribution is 8.00. The molecule has 0 saturated carbocycles. The fraction of sp³-hybridized carbons (Fsp3) is 0.105. The Morgan fingerprint density at radius 3 is 2.52 bits per heavy atom. The number of carbonyl (C=O) groups excluding carboxylic acids is 1. The third-order valence-corrected chi connectivity index (χ3v) is 5.51. The van der Waals surface area contributed by atoms with Gasteiger partial charge in [0.15, 0.2) is 0 Å². The van der Waals surface area contributed by atoms with Gasteiger partial charge in [0.1, 0.15) is 5.37 Å². The van der Waals surface area contributed by atoms with E-state index in [-0.39, 0.29) is 11.3 Å². The number of thioether (sulfide) groups is 1. The zero-order valence-corrected chi connectivity index (χ0v) is 13.8. The summed E-state index contributed by atoms with van der Waals surface area (Å²) in [6.07, 6.45) is 0. The normalized spacial score (nSPS) is 17.9. The Labute approximate surface area is 144 Å². The number of rotatable bonds is 2. The second-order valence-corrected chi connectivity index (χ2v) is 6.98. The highest BCUT2D eigenvalue weighted by Gasteiger charge is 2.34. The maximum atomic E-state index is 12.5. The van der Waals surface area contributed by atoms with Gasteiger partial charge < -0.3 is 0 Å². The molecule has 4 heteroatoms. The van der Waals surface area contributed by atoms with Crippen molar-refractivity contribution in [2.45, 2.75) is 5.37 Å². The molecule has 1 atom stereocenters. The largest absolute Gasteiger partial charge is 0.294 e. The molecule has 1 aliphatic heterocycles. The van der Waals surface area contributed by atoms with Crippen molar-refractivity contribution in [3.05, 3.63) is 77.3 Å². The van der Waals surface area contributed by atoms with Crippen molar-refractivity contribution in [2.24, 2.45) is 0 Å². The lowest BCUT2D eigenvalue weighted by atomic mass is 10.1. The Balaban J connectivity index is 1.84. The minimum atomic E-state index is -0.00873. The van der Waals surface area contributed by atoms with E-state index < -0.39 is 0 Å². The van der Waals surface area contributed by atoms with Crippen LogP contribution in [-0.4, -0.2) is 11.7 Å². The van der Waals surface area contributed by atoms with Crippen molar-refractivity contribution in [1.29, 1.82) is 0 Å². The van der Waals surface area contributed by atoms with Crippen molar-refractivity contribution < 1.29 is 4.79 Å². The lowest BCUT2D eigenvalue weighted by Crippen LogP contribution is -2.27. The number of fused-ring (bicyclic) bond motifs is 1. The van der Waals surface area contributed by atoms with Crippen molar-refractivity contribution >= 4 is 45.7 Å². The fourth-order valence-electron chi connectivity index (χ4n) is 2.98. The van der Waals surface area contributed by atoms with E-state index in [1.807, 2.05) is 53.4 Å². The smallest absolute Gasteiger partial charge is 0.238 e. The summed E-state index contributed by atoms with van der Waals surface area (Å²) in [5.41, 5.74) is 2.07. The van der Waals surface area contributed by atoms with E-state index in [9.17, 15) is 4.79 Å². The number of amides is 1. The molecule has 0 aromatic heterocycles. The van der Waals surface area contributed by atoms with Gasteiger partial charge in [0.05, 0.1) is 11.4 Å². The monoisotopic (exact) mass is 339 g/mol. The molecule has 0 unspecified atom stereocenters. The number of nitrogens with zero attached hydrogens (tertiary/aromatic N) is 1. The van der Waals surface area contributed by atoms with Crippen LogP contribution in [0.1, 0.15) is 10.9 Å². The Kier molecular flexibility index (Phi) is 3.76. The molecule has 4 rings (SSSR count). The zero-order chi connectivity index (χ0) is 15.8. The van der Waals surface area contributed by atoms with Crippen LogP contribution in [0.4, 0.5) is 5.69 Å². The van der Waals surface area contributed by atoms with Gasteiger partial charge in [-0.15, -0.1) is 11.8 Å². The molecule has 1 saturated heterocycles. The molecule has 0 aliphatic carbocycles. The summed E-state index contributed by atoms with van der Waals surface area (Å²) in [6.45, 7) is 0. The van der Waals surface area contributed by atoms with Crippen LogP contribution in [-0.2, 0) is 4.79 Å². The van der Waals surface area contributed by atoms with Crippen LogP contribution < -0.4 is 4.90 Å². The zero-order valence-electron chi connectivity index (χ0n) is 12.3. The highest BCUT2D eigenvalue weighted by Crippen LogP contribution is 2.43. The summed E-state index contributed by atoms with van der Waals surface area (Å²) in [7, 11) is 0. The minimum absolute atomic E-state index is 0.00873. The van der Waals surface area contributed by atoms with E-state index in [4.69, 9.17) is 11.6 Å². The Bertz CT molecular complexity index is 873. The third kappa shape index (κ3) is 2.60. The van der Waals surface area contributed by atoms with Gasteiger partial charge in [-0.25, -0.2) is 0 Å². The van der Waals surface area contributed by atoms with Crippen molar-refractivity contribution in [3.63, 3.8) is 0 Å². The van der Waals surface area contributed by atoms with Crippen LogP contribution in [0.3, 0.4) is 0 Å². The van der Waals surface area contributed by atoms with E-state index in [0.717, 1.165) is 22.0 Å². The number of carbonyl (C=O) groups is 1. The Morgan fingerprint density at radius 1 is 0.957 bits per heavy atom. The maximum Gasteiger partial charge on any atom is 0.238 e. The summed E-state index contributed by atoms with van der Waals surface area (Å²) in [5.74, 6) is 0.641. The minimum Gasteiger partial charge on any atom is -0.294 e. The molecular weight excluding hydrogens is 326 g/mol. The van der Waals surface area contributed by atoms with Gasteiger partial charge in [-0.2, -0.15) is 0 Å². The standard InChI is InChI=1S/C19H14ClNOS/c20-15-10-8-14(9-11-15)19-21(18(22)12-23-19)17-7-3-5-13-4-1-2-6-16(13)17/h1-11,19H,12H2/t19-/m0/s1.